The van der Waals surface area contributed by atoms with Crippen LogP contribution in [-0.4, -0.2) is 55.9 Å². The lowest BCUT2D eigenvalue weighted by atomic mass is 10.2. The first-order valence-electron chi connectivity index (χ1n) is 10.2. The quantitative estimate of drug-likeness (QED) is 0.422. The molecule has 0 radical (unpaired) electrons. The predicted molar refractivity (Wildman–Crippen MR) is 131 cm³/mol. The second-order valence-corrected chi connectivity index (χ2v) is 11.6. The van der Waals surface area contributed by atoms with E-state index in [-0.39, 0.29) is 11.3 Å². The molecule has 0 aliphatic carbocycles. The number of amides is 2. The third-order valence-electron chi connectivity index (χ3n) is 5.26. The number of aromatic nitrogens is 1. The van der Waals surface area contributed by atoms with Crippen LogP contribution in [0.2, 0.25) is 0 Å². The smallest absolute Gasteiger partial charge is 0.325 e. The Morgan fingerprint density at radius 1 is 1.15 bits per heavy atom. The highest BCUT2D eigenvalue weighted by molar-refractivity contribution is 9.10. The Kier molecular flexibility index (Phi) is 7.01. The van der Waals surface area contributed by atoms with E-state index in [4.69, 9.17) is 4.74 Å². The number of carbonyl (C=O) groups excluding carboxylic acids is 3. The average molecular weight is 566 g/mol. The van der Waals surface area contributed by atoms with Crippen molar-refractivity contribution in [3.8, 4) is 0 Å². The first-order valence-corrected chi connectivity index (χ1v) is 13.6. The van der Waals surface area contributed by atoms with Crippen LogP contribution in [0, 0.1) is 0 Å². The van der Waals surface area contributed by atoms with E-state index in [1.807, 2.05) is 12.1 Å². The zero-order valence-electron chi connectivity index (χ0n) is 18.1. The zero-order chi connectivity index (χ0) is 24.5. The zero-order valence-corrected chi connectivity index (χ0v) is 21.3. The highest BCUT2D eigenvalue weighted by atomic mass is 79.9. The highest BCUT2D eigenvalue weighted by Gasteiger charge is 2.29. The Morgan fingerprint density at radius 3 is 2.68 bits per heavy atom. The number of sulfone groups is 1. The first kappa shape index (κ1) is 24.3. The van der Waals surface area contributed by atoms with Gasteiger partial charge in [-0.2, -0.15) is 4.99 Å². The summed E-state index contributed by atoms with van der Waals surface area (Å²) in [7, 11) is -2.81. The molecule has 178 valence electrons. The van der Waals surface area contributed by atoms with E-state index in [0.29, 0.717) is 24.2 Å². The topological polar surface area (TPSA) is 115 Å². The number of thiazole rings is 1. The van der Waals surface area contributed by atoms with Crippen molar-refractivity contribution < 1.29 is 27.5 Å². The summed E-state index contributed by atoms with van der Waals surface area (Å²) in [6.07, 6.45) is 0.651. The lowest BCUT2D eigenvalue weighted by molar-refractivity contribution is -0.141. The lowest BCUT2D eigenvalue weighted by Crippen LogP contribution is -2.36. The standard InChI is InChI=1S/C22H20BrN3O6S2/c1-32-21(29)11-26-17-7-6-15(23)10-18(17)33-22(26)24-19(27)12-34(30,31)13-20(28)25-9-8-14-4-2-3-5-16(14)25/h2-7,10H,8-9,11-13H2,1H3. The van der Waals surface area contributed by atoms with Crippen molar-refractivity contribution in [1.29, 1.82) is 0 Å². The first-order chi connectivity index (χ1) is 16.2. The third kappa shape index (κ3) is 5.29. The van der Waals surface area contributed by atoms with Crippen LogP contribution in [0.25, 0.3) is 10.2 Å². The molecule has 34 heavy (non-hydrogen) atoms. The van der Waals surface area contributed by atoms with Crippen molar-refractivity contribution in [2.45, 2.75) is 13.0 Å². The lowest BCUT2D eigenvalue weighted by Gasteiger charge is -2.17. The molecular weight excluding hydrogens is 546 g/mol. The van der Waals surface area contributed by atoms with Gasteiger partial charge in [0.1, 0.15) is 18.1 Å². The van der Waals surface area contributed by atoms with Crippen molar-refractivity contribution in [2.24, 2.45) is 4.99 Å². The largest absolute Gasteiger partial charge is 0.468 e. The van der Waals surface area contributed by atoms with E-state index in [2.05, 4.69) is 20.9 Å². The number of hydrogen-bond acceptors (Lipinski definition) is 7. The van der Waals surface area contributed by atoms with Gasteiger partial charge in [0.05, 0.1) is 17.3 Å². The summed E-state index contributed by atoms with van der Waals surface area (Å²) >= 11 is 4.51. The van der Waals surface area contributed by atoms with Crippen molar-refractivity contribution >= 4 is 70.8 Å². The number of hydrogen-bond donors (Lipinski definition) is 0. The number of carbonyl (C=O) groups is 3. The van der Waals surface area contributed by atoms with Gasteiger partial charge in [-0.1, -0.05) is 45.5 Å². The molecule has 2 heterocycles. The second kappa shape index (κ2) is 9.80. The van der Waals surface area contributed by atoms with Crippen LogP contribution in [0.5, 0.6) is 0 Å². The third-order valence-corrected chi connectivity index (χ3v) is 8.16. The molecule has 0 atom stereocenters. The van der Waals surface area contributed by atoms with Gasteiger partial charge in [0, 0.05) is 16.7 Å². The van der Waals surface area contributed by atoms with Gasteiger partial charge in [-0.05, 0) is 36.2 Å². The summed E-state index contributed by atoms with van der Waals surface area (Å²) in [5, 5.41) is 0. The Morgan fingerprint density at radius 2 is 1.91 bits per heavy atom. The number of para-hydroxylation sites is 1. The van der Waals surface area contributed by atoms with Crippen LogP contribution in [-0.2, 0) is 41.9 Å². The molecule has 1 aliphatic heterocycles. The summed E-state index contributed by atoms with van der Waals surface area (Å²) in [6, 6.07) is 12.7. The van der Waals surface area contributed by atoms with Gasteiger partial charge in [0.25, 0.3) is 5.91 Å². The fourth-order valence-corrected chi connectivity index (χ4v) is 6.39. The number of fused-ring (bicyclic) bond motifs is 2. The van der Waals surface area contributed by atoms with E-state index in [0.717, 1.165) is 26.1 Å². The number of esters is 1. The molecule has 0 N–H and O–H groups in total. The molecule has 0 bridgehead atoms. The van der Waals surface area contributed by atoms with Crippen LogP contribution in [0.15, 0.2) is 51.9 Å². The summed E-state index contributed by atoms with van der Waals surface area (Å²) in [6.45, 7) is 0.209. The number of benzene rings is 2. The molecule has 12 heteroatoms. The van der Waals surface area contributed by atoms with Gasteiger partial charge >= 0.3 is 5.97 Å². The van der Waals surface area contributed by atoms with Crippen LogP contribution in [0.3, 0.4) is 0 Å². The SMILES string of the molecule is COC(=O)Cn1c(=NC(=O)CS(=O)(=O)CC(=O)N2CCc3ccccc32)sc2cc(Br)ccc21. The Balaban J connectivity index is 1.55. The van der Waals surface area contributed by atoms with Crippen LogP contribution in [0.4, 0.5) is 5.69 Å². The molecule has 1 aromatic heterocycles. The molecule has 0 unspecified atom stereocenters. The molecule has 0 spiro atoms. The molecule has 0 fully saturated rings. The van der Waals surface area contributed by atoms with Crippen molar-refractivity contribution in [1.82, 2.24) is 4.57 Å². The minimum Gasteiger partial charge on any atom is -0.468 e. The number of methoxy groups -OCH3 is 1. The number of ether oxygens (including phenoxy) is 1. The van der Waals surface area contributed by atoms with Gasteiger partial charge < -0.3 is 14.2 Å². The van der Waals surface area contributed by atoms with E-state index in [1.165, 1.54) is 16.6 Å². The maximum atomic E-state index is 12.7. The molecule has 4 rings (SSSR count). The van der Waals surface area contributed by atoms with Gasteiger partial charge in [-0.25, -0.2) is 8.42 Å². The molecule has 9 nitrogen and oxygen atoms in total. The van der Waals surface area contributed by atoms with Crippen LogP contribution < -0.4 is 9.70 Å². The summed E-state index contributed by atoms with van der Waals surface area (Å²) in [4.78, 5) is 42.7. The molecule has 1 aliphatic rings. The Hall–Kier alpha value is -2.83. The van der Waals surface area contributed by atoms with Crippen molar-refractivity contribution in [3.63, 3.8) is 0 Å². The van der Waals surface area contributed by atoms with Crippen LogP contribution >= 0.6 is 27.3 Å². The van der Waals surface area contributed by atoms with Gasteiger partial charge in [-0.3, -0.25) is 14.4 Å². The molecule has 0 saturated heterocycles. The summed E-state index contributed by atoms with van der Waals surface area (Å²) < 4.78 is 33.0. The van der Waals surface area contributed by atoms with E-state index in [9.17, 15) is 22.8 Å². The highest BCUT2D eigenvalue weighted by Crippen LogP contribution is 2.27. The van der Waals surface area contributed by atoms with Crippen molar-refractivity contribution in [3.05, 3.63) is 57.3 Å². The Bertz CT molecular complexity index is 1480. The minimum atomic E-state index is -4.06. The number of anilines is 1. The summed E-state index contributed by atoms with van der Waals surface area (Å²) in [5.41, 5.74) is 2.32. The van der Waals surface area contributed by atoms with Gasteiger partial charge in [0.15, 0.2) is 14.6 Å². The number of rotatable bonds is 6. The van der Waals surface area contributed by atoms with E-state index in [1.54, 1.807) is 30.3 Å². The number of nitrogens with zero attached hydrogens (tertiary/aromatic N) is 3. The normalized spacial score (nSPS) is 13.8. The molecule has 0 saturated carbocycles. The predicted octanol–water partition coefficient (Wildman–Crippen LogP) is 2.07. The maximum Gasteiger partial charge on any atom is 0.325 e. The molecule has 2 amide bonds. The maximum absolute atomic E-state index is 12.7. The monoisotopic (exact) mass is 565 g/mol. The van der Waals surface area contributed by atoms with E-state index < -0.39 is 39.1 Å². The van der Waals surface area contributed by atoms with Crippen molar-refractivity contribution in [2.75, 3.05) is 30.1 Å². The molecule has 2 aromatic carbocycles. The fraction of sp³-hybridized carbons (Fsp3) is 0.273. The van der Waals surface area contributed by atoms with Gasteiger partial charge in [0.2, 0.25) is 5.91 Å². The van der Waals surface area contributed by atoms with E-state index >= 15 is 0 Å². The Labute approximate surface area is 207 Å². The molecule has 3 aromatic rings. The minimum absolute atomic E-state index is 0.165. The second-order valence-electron chi connectivity index (χ2n) is 7.62. The molecular formula is C22H20BrN3O6S2. The average Bonchev–Trinajstić information content (AvgIpc) is 3.34. The summed E-state index contributed by atoms with van der Waals surface area (Å²) in [5.74, 6) is -3.74. The number of halogens is 1. The van der Waals surface area contributed by atoms with Gasteiger partial charge in [-0.15, -0.1) is 0 Å². The van der Waals surface area contributed by atoms with Crippen LogP contribution in [0.1, 0.15) is 5.56 Å². The fourth-order valence-electron chi connectivity index (χ4n) is 3.72.